The summed E-state index contributed by atoms with van der Waals surface area (Å²) in [6.07, 6.45) is 0. The summed E-state index contributed by atoms with van der Waals surface area (Å²) in [5, 5.41) is 16.7. The minimum absolute atomic E-state index is 0.102. The minimum Gasteiger partial charge on any atom is -0.379 e. The number of nitrogens with one attached hydrogen (secondary N) is 1. The van der Waals surface area contributed by atoms with Gasteiger partial charge in [-0.15, -0.1) is 10.2 Å². The quantitative estimate of drug-likeness (QED) is 0.649. The van der Waals surface area contributed by atoms with Gasteiger partial charge >= 0.3 is 0 Å². The largest absolute Gasteiger partial charge is 0.379 e. The molecule has 7 heteroatoms. The van der Waals surface area contributed by atoms with E-state index < -0.39 is 0 Å². The van der Waals surface area contributed by atoms with Gasteiger partial charge in [0.25, 0.3) is 0 Å². The maximum Gasteiger partial charge on any atom is 0.213 e. The number of nitrogen functional groups attached to an aromatic ring is 1. The van der Waals surface area contributed by atoms with E-state index in [-0.39, 0.29) is 19.0 Å². The number of aromatic nitrogens is 2. The standard InChI is InChI=1S/C11H8N5OP/c12-7-8(14-11-16-15-10(13)18-11)5-3-1-2-4-6(5)9(7)17/h1-4,12,18H,(H2,13,15)/b12-7?,14-8-. The molecule has 1 atom stereocenters. The first-order valence-corrected chi connectivity index (χ1v) is 6.16. The highest BCUT2D eigenvalue weighted by Crippen LogP contribution is 2.25. The van der Waals surface area contributed by atoms with E-state index in [2.05, 4.69) is 15.2 Å². The van der Waals surface area contributed by atoms with Crippen LogP contribution in [0.5, 0.6) is 0 Å². The molecule has 3 rings (SSSR count). The van der Waals surface area contributed by atoms with Crippen LogP contribution in [0.1, 0.15) is 0 Å². The van der Waals surface area contributed by atoms with Crippen molar-refractivity contribution in [2.75, 3.05) is 5.73 Å². The van der Waals surface area contributed by atoms with Crippen molar-refractivity contribution in [3.63, 3.8) is 0 Å². The van der Waals surface area contributed by atoms with Gasteiger partial charge in [-0.2, -0.15) is 0 Å². The molecule has 0 saturated carbocycles. The third-order valence-electron chi connectivity index (χ3n) is 2.60. The second-order valence-corrected chi connectivity index (χ2v) is 4.95. The van der Waals surface area contributed by atoms with Crippen LogP contribution in [-0.2, 0) is 0 Å². The van der Waals surface area contributed by atoms with Crippen molar-refractivity contribution in [2.24, 2.45) is 4.99 Å². The SMILES string of the molecule is N=c1c(=O)c2ccccc2/c1=N/c1nnc(N)[pH]1. The van der Waals surface area contributed by atoms with E-state index in [9.17, 15) is 4.79 Å². The van der Waals surface area contributed by atoms with Crippen LogP contribution >= 0.6 is 8.19 Å². The van der Waals surface area contributed by atoms with Crippen LogP contribution in [0.2, 0.25) is 0 Å². The van der Waals surface area contributed by atoms with Crippen LogP contribution in [-0.4, -0.2) is 10.2 Å². The molecule has 0 aliphatic heterocycles. The molecule has 0 aliphatic rings. The fourth-order valence-electron chi connectivity index (χ4n) is 1.80. The van der Waals surface area contributed by atoms with Crippen LogP contribution in [0.4, 0.5) is 11.1 Å². The lowest BCUT2D eigenvalue weighted by Gasteiger charge is -1.86. The fraction of sp³-hybridized carbons (Fsp3) is 0. The highest BCUT2D eigenvalue weighted by Gasteiger charge is 2.07. The van der Waals surface area contributed by atoms with Crippen molar-refractivity contribution >= 4 is 30.1 Å². The zero-order chi connectivity index (χ0) is 12.7. The van der Waals surface area contributed by atoms with Crippen LogP contribution in [0.3, 0.4) is 0 Å². The molecule has 0 fully saturated rings. The number of hydrogen-bond acceptors (Lipinski definition) is 6. The molecule has 88 valence electrons. The van der Waals surface area contributed by atoms with Gasteiger partial charge in [0.1, 0.15) is 10.7 Å². The number of nitrogens with two attached hydrogens (primary N) is 1. The molecule has 3 aromatic rings. The number of rotatable bonds is 1. The molecule has 0 amide bonds. The summed E-state index contributed by atoms with van der Waals surface area (Å²) in [7, 11) is 0.102. The average molecular weight is 257 g/mol. The molecule has 1 heterocycles. The molecule has 6 nitrogen and oxygen atoms in total. The Labute approximate surface area is 102 Å². The number of anilines is 1. The van der Waals surface area contributed by atoms with E-state index in [4.69, 9.17) is 11.1 Å². The second-order valence-electron chi connectivity index (χ2n) is 3.74. The van der Waals surface area contributed by atoms with Gasteiger partial charge in [-0.25, -0.2) is 4.99 Å². The zero-order valence-corrected chi connectivity index (χ0v) is 10.1. The van der Waals surface area contributed by atoms with Gasteiger partial charge in [0.15, 0.2) is 11.1 Å². The van der Waals surface area contributed by atoms with Gasteiger partial charge in [-0.3, -0.25) is 10.2 Å². The van der Waals surface area contributed by atoms with Gasteiger partial charge in [0.2, 0.25) is 5.43 Å². The molecule has 3 N–H and O–H groups in total. The highest BCUT2D eigenvalue weighted by molar-refractivity contribution is 7.37. The lowest BCUT2D eigenvalue weighted by molar-refractivity contribution is 1.07. The first kappa shape index (κ1) is 10.8. The van der Waals surface area contributed by atoms with Crippen molar-refractivity contribution in [1.82, 2.24) is 10.2 Å². The lowest BCUT2D eigenvalue weighted by atomic mass is 10.2. The van der Waals surface area contributed by atoms with Gasteiger partial charge < -0.3 is 5.73 Å². The van der Waals surface area contributed by atoms with Gasteiger partial charge in [-0.1, -0.05) is 24.3 Å². The molecular formula is C11H8N5OP. The Morgan fingerprint density at radius 3 is 2.61 bits per heavy atom. The Kier molecular flexibility index (Phi) is 2.31. The van der Waals surface area contributed by atoms with Gasteiger partial charge in [0, 0.05) is 10.8 Å². The smallest absolute Gasteiger partial charge is 0.213 e. The predicted molar refractivity (Wildman–Crippen MR) is 69.6 cm³/mol. The molecule has 18 heavy (non-hydrogen) atoms. The monoisotopic (exact) mass is 257 g/mol. The molecular weight excluding hydrogens is 249 g/mol. The molecule has 0 radical (unpaired) electrons. The van der Waals surface area contributed by atoms with E-state index in [1.807, 2.05) is 6.07 Å². The van der Waals surface area contributed by atoms with E-state index >= 15 is 0 Å². The Morgan fingerprint density at radius 1 is 1.22 bits per heavy atom. The highest BCUT2D eigenvalue weighted by atomic mass is 31.0. The Morgan fingerprint density at radius 2 is 1.94 bits per heavy atom. The summed E-state index contributed by atoms with van der Waals surface area (Å²) in [5.41, 5.74) is 6.08. The summed E-state index contributed by atoms with van der Waals surface area (Å²) >= 11 is 0. The molecule has 1 unspecified atom stereocenters. The summed E-state index contributed by atoms with van der Waals surface area (Å²) in [5.74, 6) is 0. The number of benzene rings is 1. The summed E-state index contributed by atoms with van der Waals surface area (Å²) < 4.78 is 0. The first-order valence-electron chi connectivity index (χ1n) is 5.16. The van der Waals surface area contributed by atoms with Crippen LogP contribution in [0, 0.1) is 5.41 Å². The number of hydrogen-bond donors (Lipinski definition) is 2. The Hall–Kier alpha value is -2.33. The summed E-state index contributed by atoms with van der Waals surface area (Å²) in [6.45, 7) is 0. The van der Waals surface area contributed by atoms with Gasteiger partial charge in [-0.05, 0) is 8.19 Å². The molecule has 0 saturated heterocycles. The molecule has 0 bridgehead atoms. The van der Waals surface area contributed by atoms with E-state index in [1.54, 1.807) is 18.2 Å². The Bertz CT molecular complexity index is 888. The van der Waals surface area contributed by atoms with Crippen molar-refractivity contribution in [3.8, 4) is 0 Å². The van der Waals surface area contributed by atoms with Crippen LogP contribution in [0.15, 0.2) is 34.1 Å². The number of nitrogens with zero attached hydrogens (tertiary/aromatic N) is 3. The Balaban J connectivity index is 2.43. The second kappa shape index (κ2) is 3.85. The topological polar surface area (TPSA) is 105 Å². The van der Waals surface area contributed by atoms with E-state index in [1.165, 1.54) is 0 Å². The third-order valence-corrected chi connectivity index (χ3v) is 3.39. The maximum atomic E-state index is 11.8. The van der Waals surface area contributed by atoms with E-state index in [0.717, 1.165) is 0 Å². The number of fused-ring (bicyclic) bond motifs is 1. The normalized spacial score (nSPS) is 12.8. The molecule has 2 aromatic carbocycles. The average Bonchev–Trinajstić information content (AvgIpc) is 2.88. The third kappa shape index (κ3) is 1.55. The van der Waals surface area contributed by atoms with Crippen molar-refractivity contribution < 1.29 is 0 Å². The van der Waals surface area contributed by atoms with Crippen LogP contribution in [0.25, 0.3) is 10.8 Å². The van der Waals surface area contributed by atoms with E-state index in [0.29, 0.717) is 27.2 Å². The van der Waals surface area contributed by atoms with Gasteiger partial charge in [0.05, 0.1) is 0 Å². The van der Waals surface area contributed by atoms with Crippen molar-refractivity contribution in [1.29, 1.82) is 5.41 Å². The zero-order valence-electron chi connectivity index (χ0n) is 9.14. The van der Waals surface area contributed by atoms with Crippen molar-refractivity contribution in [3.05, 3.63) is 45.2 Å². The molecule has 0 spiro atoms. The first-order chi connectivity index (χ1) is 8.66. The predicted octanol–water partition coefficient (Wildman–Crippen LogP) is 0.191. The minimum atomic E-state index is -0.305. The van der Waals surface area contributed by atoms with Crippen molar-refractivity contribution in [2.45, 2.75) is 0 Å². The van der Waals surface area contributed by atoms with Crippen LogP contribution < -0.4 is 21.9 Å². The molecule has 0 aliphatic carbocycles. The fourth-order valence-corrected chi connectivity index (χ4v) is 2.40. The summed E-state index contributed by atoms with van der Waals surface area (Å²) in [6, 6.07) is 7.04. The molecule has 1 aromatic heterocycles. The maximum absolute atomic E-state index is 11.8. The summed E-state index contributed by atoms with van der Waals surface area (Å²) in [4.78, 5) is 16.1. The lowest BCUT2D eigenvalue weighted by Crippen LogP contribution is -2.30.